The summed E-state index contributed by atoms with van der Waals surface area (Å²) >= 11 is 0. The highest BCUT2D eigenvalue weighted by Gasteiger charge is 2.16. The van der Waals surface area contributed by atoms with E-state index in [0.717, 1.165) is 29.9 Å². The zero-order valence-corrected chi connectivity index (χ0v) is 14.9. The molecule has 132 valence electrons. The number of fused-ring (bicyclic) bond motifs is 1. The molecule has 0 radical (unpaired) electrons. The number of benzene rings is 2. The van der Waals surface area contributed by atoms with Gasteiger partial charge in [-0.1, -0.05) is 30.3 Å². The lowest BCUT2D eigenvalue weighted by molar-refractivity contribution is -0.123. The Balaban J connectivity index is 1.60. The summed E-state index contributed by atoms with van der Waals surface area (Å²) < 4.78 is 11.2. The summed E-state index contributed by atoms with van der Waals surface area (Å²) in [5, 5.41) is 2.98. The van der Waals surface area contributed by atoms with Crippen LogP contribution in [-0.4, -0.2) is 19.6 Å². The number of amides is 1. The molecule has 1 N–H and O–H groups in total. The number of carbonyl (C=O) groups excluding carboxylic acids is 1. The fourth-order valence-corrected chi connectivity index (χ4v) is 3.41. The number of aryl methyl sites for hydroxylation is 1. The zero-order chi connectivity index (χ0) is 17.6. The SMILES string of the molecule is COc1ccccc1[C@@H](C)NC(=O)COc1cccc2c1CCCC2. The molecule has 2 aromatic rings. The molecule has 0 saturated carbocycles. The second kappa shape index (κ2) is 8.06. The van der Waals surface area contributed by atoms with Gasteiger partial charge in [0.05, 0.1) is 13.2 Å². The minimum atomic E-state index is -0.142. The summed E-state index contributed by atoms with van der Waals surface area (Å²) in [6.07, 6.45) is 4.55. The lowest BCUT2D eigenvalue weighted by Crippen LogP contribution is -2.31. The van der Waals surface area contributed by atoms with Gasteiger partial charge in [0, 0.05) is 5.56 Å². The largest absolute Gasteiger partial charge is 0.496 e. The van der Waals surface area contributed by atoms with Gasteiger partial charge in [0.15, 0.2) is 6.61 Å². The summed E-state index contributed by atoms with van der Waals surface area (Å²) in [5.74, 6) is 1.48. The van der Waals surface area contributed by atoms with E-state index in [0.29, 0.717) is 0 Å². The van der Waals surface area contributed by atoms with Crippen molar-refractivity contribution < 1.29 is 14.3 Å². The minimum Gasteiger partial charge on any atom is -0.496 e. The molecule has 25 heavy (non-hydrogen) atoms. The van der Waals surface area contributed by atoms with E-state index < -0.39 is 0 Å². The van der Waals surface area contributed by atoms with E-state index >= 15 is 0 Å². The van der Waals surface area contributed by atoms with Gasteiger partial charge in [0.25, 0.3) is 5.91 Å². The summed E-state index contributed by atoms with van der Waals surface area (Å²) in [5.41, 5.74) is 3.57. The fourth-order valence-electron chi connectivity index (χ4n) is 3.41. The molecule has 4 heteroatoms. The van der Waals surface area contributed by atoms with Crippen LogP contribution in [-0.2, 0) is 17.6 Å². The Morgan fingerprint density at radius 3 is 2.68 bits per heavy atom. The molecule has 0 spiro atoms. The number of carbonyl (C=O) groups is 1. The number of para-hydroxylation sites is 1. The van der Waals surface area contributed by atoms with Gasteiger partial charge in [-0.3, -0.25) is 4.79 Å². The number of methoxy groups -OCH3 is 1. The smallest absolute Gasteiger partial charge is 0.258 e. The number of nitrogens with one attached hydrogen (secondary N) is 1. The van der Waals surface area contributed by atoms with Crippen LogP contribution < -0.4 is 14.8 Å². The lowest BCUT2D eigenvalue weighted by Gasteiger charge is -2.20. The van der Waals surface area contributed by atoms with Gasteiger partial charge in [-0.15, -0.1) is 0 Å². The van der Waals surface area contributed by atoms with Gasteiger partial charge < -0.3 is 14.8 Å². The molecule has 0 unspecified atom stereocenters. The Hall–Kier alpha value is -2.49. The molecular formula is C21H25NO3. The zero-order valence-electron chi connectivity index (χ0n) is 14.9. The van der Waals surface area contributed by atoms with Crippen molar-refractivity contribution in [3.63, 3.8) is 0 Å². The molecule has 4 nitrogen and oxygen atoms in total. The van der Waals surface area contributed by atoms with Crippen molar-refractivity contribution >= 4 is 5.91 Å². The maximum Gasteiger partial charge on any atom is 0.258 e. The highest BCUT2D eigenvalue weighted by Crippen LogP contribution is 2.29. The summed E-state index contributed by atoms with van der Waals surface area (Å²) in [6.45, 7) is 1.97. The van der Waals surface area contributed by atoms with E-state index in [9.17, 15) is 4.79 Å². The topological polar surface area (TPSA) is 47.6 Å². The predicted molar refractivity (Wildman–Crippen MR) is 98.1 cm³/mol. The van der Waals surface area contributed by atoms with Crippen molar-refractivity contribution in [3.05, 3.63) is 59.2 Å². The van der Waals surface area contributed by atoms with Gasteiger partial charge in [-0.05, 0) is 55.9 Å². The van der Waals surface area contributed by atoms with Crippen molar-refractivity contribution in [2.45, 2.75) is 38.6 Å². The molecule has 0 bridgehead atoms. The molecular weight excluding hydrogens is 314 g/mol. The maximum absolute atomic E-state index is 12.3. The number of ether oxygens (including phenoxy) is 2. The van der Waals surface area contributed by atoms with E-state index in [2.05, 4.69) is 11.4 Å². The van der Waals surface area contributed by atoms with Crippen LogP contribution in [0.2, 0.25) is 0 Å². The Bertz CT molecular complexity index is 742. The highest BCUT2D eigenvalue weighted by molar-refractivity contribution is 5.78. The lowest BCUT2D eigenvalue weighted by atomic mass is 9.91. The molecule has 1 amide bonds. The molecule has 1 aliphatic carbocycles. The van der Waals surface area contributed by atoms with Crippen LogP contribution in [0.25, 0.3) is 0 Å². The molecule has 0 heterocycles. The maximum atomic E-state index is 12.3. The third-order valence-electron chi connectivity index (χ3n) is 4.69. The molecule has 0 saturated heterocycles. The van der Waals surface area contributed by atoms with E-state index in [4.69, 9.17) is 9.47 Å². The first-order valence-corrected chi connectivity index (χ1v) is 8.85. The number of hydrogen-bond donors (Lipinski definition) is 1. The van der Waals surface area contributed by atoms with Gasteiger partial charge in [-0.2, -0.15) is 0 Å². The van der Waals surface area contributed by atoms with Crippen LogP contribution in [0, 0.1) is 0 Å². The first-order chi connectivity index (χ1) is 12.2. The molecule has 2 aromatic carbocycles. The monoisotopic (exact) mass is 339 g/mol. The van der Waals surface area contributed by atoms with Crippen LogP contribution in [0.15, 0.2) is 42.5 Å². The standard InChI is InChI=1S/C21H25NO3/c1-15(17-10-5-6-12-19(17)24-2)22-21(23)14-25-20-13-7-9-16-8-3-4-11-18(16)20/h5-7,9-10,12-13,15H,3-4,8,11,14H2,1-2H3,(H,22,23)/t15-/m1/s1. The van der Waals surface area contributed by atoms with Gasteiger partial charge in [0.1, 0.15) is 11.5 Å². The van der Waals surface area contributed by atoms with E-state index in [-0.39, 0.29) is 18.6 Å². The second-order valence-electron chi connectivity index (χ2n) is 6.42. The number of hydrogen-bond acceptors (Lipinski definition) is 3. The normalized spacial score (nSPS) is 14.3. The van der Waals surface area contributed by atoms with Crippen LogP contribution in [0.4, 0.5) is 0 Å². The van der Waals surface area contributed by atoms with Gasteiger partial charge in [-0.25, -0.2) is 0 Å². The average Bonchev–Trinajstić information content (AvgIpc) is 2.66. The van der Waals surface area contributed by atoms with Gasteiger partial charge in [0.2, 0.25) is 0 Å². The van der Waals surface area contributed by atoms with E-state index in [1.54, 1.807) is 7.11 Å². The van der Waals surface area contributed by atoms with Gasteiger partial charge >= 0.3 is 0 Å². The molecule has 1 atom stereocenters. The molecule has 0 aliphatic heterocycles. The van der Waals surface area contributed by atoms with Crippen LogP contribution >= 0.6 is 0 Å². The molecule has 1 aliphatic rings. The average molecular weight is 339 g/mol. The Labute approximate surface area is 149 Å². The second-order valence-corrected chi connectivity index (χ2v) is 6.42. The first-order valence-electron chi connectivity index (χ1n) is 8.85. The molecule has 0 aromatic heterocycles. The van der Waals surface area contributed by atoms with Crippen molar-refractivity contribution in [1.82, 2.24) is 5.32 Å². The summed E-state index contributed by atoms with van der Waals surface area (Å²) in [7, 11) is 1.63. The Kier molecular flexibility index (Phi) is 5.59. The third kappa shape index (κ3) is 4.13. The van der Waals surface area contributed by atoms with Crippen LogP contribution in [0.3, 0.4) is 0 Å². The van der Waals surface area contributed by atoms with Crippen molar-refractivity contribution in [2.24, 2.45) is 0 Å². The van der Waals surface area contributed by atoms with Crippen LogP contribution in [0.5, 0.6) is 11.5 Å². The van der Waals surface area contributed by atoms with Crippen molar-refractivity contribution in [1.29, 1.82) is 0 Å². The number of rotatable bonds is 6. The first kappa shape index (κ1) is 17.3. The van der Waals surface area contributed by atoms with E-state index in [1.165, 1.54) is 24.0 Å². The Morgan fingerprint density at radius 2 is 1.84 bits per heavy atom. The van der Waals surface area contributed by atoms with Crippen molar-refractivity contribution in [2.75, 3.05) is 13.7 Å². The summed E-state index contributed by atoms with van der Waals surface area (Å²) in [6, 6.07) is 13.7. The van der Waals surface area contributed by atoms with E-state index in [1.807, 2.05) is 43.3 Å². The van der Waals surface area contributed by atoms with Crippen molar-refractivity contribution in [3.8, 4) is 11.5 Å². The third-order valence-corrected chi connectivity index (χ3v) is 4.69. The fraction of sp³-hybridized carbons (Fsp3) is 0.381. The molecule has 0 fully saturated rings. The highest BCUT2D eigenvalue weighted by atomic mass is 16.5. The quantitative estimate of drug-likeness (QED) is 0.870. The summed E-state index contributed by atoms with van der Waals surface area (Å²) in [4.78, 5) is 12.3. The Morgan fingerprint density at radius 1 is 1.08 bits per heavy atom. The predicted octanol–water partition coefficient (Wildman–Crippen LogP) is 3.83. The molecule has 3 rings (SSSR count). The van der Waals surface area contributed by atoms with Crippen LogP contribution in [0.1, 0.15) is 42.5 Å². The minimum absolute atomic E-state index is 0.0238.